The van der Waals surface area contributed by atoms with Crippen molar-refractivity contribution in [2.24, 2.45) is 5.92 Å². The Morgan fingerprint density at radius 2 is 1.93 bits per heavy atom. The van der Waals surface area contributed by atoms with Crippen LogP contribution in [0.15, 0.2) is 42.5 Å². The number of benzene rings is 1. The highest BCUT2D eigenvalue weighted by Crippen LogP contribution is 2.33. The molecule has 0 N–H and O–H groups in total. The summed E-state index contributed by atoms with van der Waals surface area (Å²) in [5.41, 5.74) is 6.10. The molecule has 150 valence electrons. The molecule has 1 aliphatic carbocycles. The molecule has 28 heavy (non-hydrogen) atoms. The molecular formula is C26H36N2. The molecule has 3 rings (SSSR count). The average Bonchev–Trinajstić information content (AvgIpc) is 2.71. The minimum atomic E-state index is 0.479. The molecule has 1 aromatic carbocycles. The van der Waals surface area contributed by atoms with Crippen molar-refractivity contribution in [3.05, 3.63) is 59.6 Å². The molecule has 0 aliphatic heterocycles. The lowest BCUT2D eigenvalue weighted by molar-refractivity contribution is 0.433. The Kier molecular flexibility index (Phi) is 7.42. The van der Waals surface area contributed by atoms with E-state index in [0.717, 1.165) is 17.9 Å². The third kappa shape index (κ3) is 5.53. The minimum absolute atomic E-state index is 0.479. The normalized spacial score (nSPS) is 16.1. The van der Waals surface area contributed by atoms with E-state index >= 15 is 0 Å². The second-order valence-electron chi connectivity index (χ2n) is 8.69. The van der Waals surface area contributed by atoms with Gasteiger partial charge in [0.15, 0.2) is 0 Å². The predicted molar refractivity (Wildman–Crippen MR) is 120 cm³/mol. The maximum atomic E-state index is 5.08. The standard InChI is InChI=1S/C26H36N2/c1-5-6-12-22(19(2)3)17-26-27-24(21-13-8-7-9-14-21)18-25(28-26)23-15-10-11-20(4)16-23/h10-11,15-16,18,21-22H,2,5-9,12-14,17H2,1,3-4H3. The first-order valence-electron chi connectivity index (χ1n) is 11.2. The Balaban J connectivity index is 1.95. The molecule has 1 unspecified atom stereocenters. The molecule has 1 aliphatic rings. The molecule has 1 aromatic heterocycles. The fourth-order valence-electron chi connectivity index (χ4n) is 4.36. The molecule has 0 radical (unpaired) electrons. The second-order valence-corrected chi connectivity index (χ2v) is 8.69. The highest BCUT2D eigenvalue weighted by molar-refractivity contribution is 5.60. The van der Waals surface area contributed by atoms with Crippen molar-refractivity contribution < 1.29 is 0 Å². The van der Waals surface area contributed by atoms with Gasteiger partial charge in [-0.25, -0.2) is 9.97 Å². The minimum Gasteiger partial charge on any atom is -0.238 e. The molecular weight excluding hydrogens is 340 g/mol. The van der Waals surface area contributed by atoms with Gasteiger partial charge in [0.2, 0.25) is 0 Å². The van der Waals surface area contributed by atoms with E-state index in [4.69, 9.17) is 9.97 Å². The molecule has 0 bridgehead atoms. The van der Waals surface area contributed by atoms with E-state index in [1.54, 1.807) is 0 Å². The zero-order chi connectivity index (χ0) is 19.9. The number of aromatic nitrogens is 2. The van der Waals surface area contributed by atoms with E-state index in [2.05, 4.69) is 57.7 Å². The van der Waals surface area contributed by atoms with Crippen LogP contribution in [0.2, 0.25) is 0 Å². The van der Waals surface area contributed by atoms with Gasteiger partial charge in [-0.1, -0.05) is 74.9 Å². The molecule has 0 spiro atoms. The number of unbranched alkanes of at least 4 members (excludes halogenated alkanes) is 1. The maximum absolute atomic E-state index is 5.08. The van der Waals surface area contributed by atoms with E-state index in [0.29, 0.717) is 11.8 Å². The summed E-state index contributed by atoms with van der Waals surface area (Å²) in [6.45, 7) is 10.8. The lowest BCUT2D eigenvalue weighted by atomic mass is 9.86. The van der Waals surface area contributed by atoms with Gasteiger partial charge in [0.25, 0.3) is 0 Å². The monoisotopic (exact) mass is 376 g/mol. The Morgan fingerprint density at radius 3 is 2.61 bits per heavy atom. The van der Waals surface area contributed by atoms with Crippen LogP contribution >= 0.6 is 0 Å². The van der Waals surface area contributed by atoms with Crippen molar-refractivity contribution in [2.45, 2.75) is 84.5 Å². The maximum Gasteiger partial charge on any atom is 0.129 e. The van der Waals surface area contributed by atoms with Gasteiger partial charge in [-0.3, -0.25) is 0 Å². The van der Waals surface area contributed by atoms with Crippen LogP contribution in [0.4, 0.5) is 0 Å². The van der Waals surface area contributed by atoms with Crippen molar-refractivity contribution in [2.75, 3.05) is 0 Å². The van der Waals surface area contributed by atoms with Gasteiger partial charge in [-0.2, -0.15) is 0 Å². The summed E-state index contributed by atoms with van der Waals surface area (Å²) in [6, 6.07) is 11.0. The number of hydrogen-bond acceptors (Lipinski definition) is 2. The molecule has 1 fully saturated rings. The van der Waals surface area contributed by atoms with E-state index in [1.165, 1.54) is 73.8 Å². The molecule has 0 saturated heterocycles. The molecule has 2 aromatic rings. The van der Waals surface area contributed by atoms with Crippen molar-refractivity contribution in [3.63, 3.8) is 0 Å². The number of rotatable bonds is 8. The van der Waals surface area contributed by atoms with Gasteiger partial charge in [0.1, 0.15) is 5.82 Å². The van der Waals surface area contributed by atoms with Crippen LogP contribution in [0.1, 0.15) is 88.2 Å². The molecule has 1 atom stereocenters. The Bertz CT molecular complexity index is 787. The first-order chi connectivity index (χ1) is 13.6. The SMILES string of the molecule is C=C(C)C(CCCC)Cc1nc(-c2cccc(C)c2)cc(C2CCCCC2)n1. The van der Waals surface area contributed by atoms with Crippen molar-refractivity contribution >= 4 is 0 Å². The lowest BCUT2D eigenvalue weighted by Crippen LogP contribution is -2.13. The summed E-state index contributed by atoms with van der Waals surface area (Å²) in [5, 5.41) is 0. The smallest absolute Gasteiger partial charge is 0.129 e. The zero-order valence-corrected chi connectivity index (χ0v) is 18.0. The Morgan fingerprint density at radius 1 is 1.14 bits per heavy atom. The Labute approximate surface area is 171 Å². The summed E-state index contributed by atoms with van der Waals surface area (Å²) < 4.78 is 0. The zero-order valence-electron chi connectivity index (χ0n) is 18.0. The average molecular weight is 377 g/mol. The van der Waals surface area contributed by atoms with Crippen LogP contribution in [0.3, 0.4) is 0 Å². The van der Waals surface area contributed by atoms with Gasteiger partial charge in [-0.15, -0.1) is 0 Å². The summed E-state index contributed by atoms with van der Waals surface area (Å²) >= 11 is 0. The fraction of sp³-hybridized carbons (Fsp3) is 0.538. The van der Waals surface area contributed by atoms with E-state index in [1.807, 2.05) is 0 Å². The summed E-state index contributed by atoms with van der Waals surface area (Å²) in [7, 11) is 0. The first kappa shape index (κ1) is 20.8. The van der Waals surface area contributed by atoms with Crippen LogP contribution in [0.25, 0.3) is 11.3 Å². The second kappa shape index (κ2) is 10.0. The number of aryl methyl sites for hydroxylation is 1. The van der Waals surface area contributed by atoms with E-state index in [-0.39, 0.29) is 0 Å². The topological polar surface area (TPSA) is 25.8 Å². The number of nitrogens with zero attached hydrogens (tertiary/aromatic N) is 2. The summed E-state index contributed by atoms with van der Waals surface area (Å²) in [5.74, 6) is 2.08. The third-order valence-electron chi connectivity index (χ3n) is 6.16. The van der Waals surface area contributed by atoms with Gasteiger partial charge in [-0.05, 0) is 51.2 Å². The summed E-state index contributed by atoms with van der Waals surface area (Å²) in [6.07, 6.45) is 11.1. The van der Waals surface area contributed by atoms with Gasteiger partial charge >= 0.3 is 0 Å². The van der Waals surface area contributed by atoms with E-state index in [9.17, 15) is 0 Å². The van der Waals surface area contributed by atoms with Crippen LogP contribution < -0.4 is 0 Å². The highest BCUT2D eigenvalue weighted by atomic mass is 14.9. The van der Waals surface area contributed by atoms with Crippen LogP contribution in [0.5, 0.6) is 0 Å². The summed E-state index contributed by atoms with van der Waals surface area (Å²) in [4.78, 5) is 10.1. The van der Waals surface area contributed by atoms with Crippen LogP contribution in [-0.2, 0) is 6.42 Å². The molecule has 2 heteroatoms. The Hall–Kier alpha value is -1.96. The molecule has 0 amide bonds. The molecule has 1 heterocycles. The van der Waals surface area contributed by atoms with Crippen molar-refractivity contribution in [1.29, 1.82) is 0 Å². The molecule has 1 saturated carbocycles. The largest absolute Gasteiger partial charge is 0.238 e. The van der Waals surface area contributed by atoms with Crippen molar-refractivity contribution in [1.82, 2.24) is 9.97 Å². The first-order valence-corrected chi connectivity index (χ1v) is 11.2. The van der Waals surface area contributed by atoms with Crippen LogP contribution in [0, 0.1) is 12.8 Å². The molecule has 2 nitrogen and oxygen atoms in total. The quantitative estimate of drug-likeness (QED) is 0.448. The highest BCUT2D eigenvalue weighted by Gasteiger charge is 2.20. The van der Waals surface area contributed by atoms with Crippen molar-refractivity contribution in [3.8, 4) is 11.3 Å². The van der Waals surface area contributed by atoms with E-state index < -0.39 is 0 Å². The predicted octanol–water partition coefficient (Wildman–Crippen LogP) is 7.42. The fourth-order valence-corrected chi connectivity index (χ4v) is 4.36. The van der Waals surface area contributed by atoms with Gasteiger partial charge < -0.3 is 0 Å². The third-order valence-corrected chi connectivity index (χ3v) is 6.16. The van der Waals surface area contributed by atoms with Crippen LogP contribution in [-0.4, -0.2) is 9.97 Å². The van der Waals surface area contributed by atoms with Gasteiger partial charge in [0, 0.05) is 23.6 Å². The number of hydrogen-bond donors (Lipinski definition) is 0. The number of allylic oxidation sites excluding steroid dienone is 1. The lowest BCUT2D eigenvalue weighted by Gasteiger charge is -2.23. The van der Waals surface area contributed by atoms with Gasteiger partial charge in [0.05, 0.1) is 5.69 Å².